The first kappa shape index (κ1) is 20.2. The number of amides is 1. The third-order valence-corrected chi connectivity index (χ3v) is 6.63. The molecule has 0 unspecified atom stereocenters. The fourth-order valence-corrected chi connectivity index (χ4v) is 4.71. The van der Waals surface area contributed by atoms with Gasteiger partial charge >= 0.3 is 0 Å². The summed E-state index contributed by atoms with van der Waals surface area (Å²) in [5.41, 5.74) is 2.30. The van der Waals surface area contributed by atoms with Gasteiger partial charge in [0.25, 0.3) is 0 Å². The van der Waals surface area contributed by atoms with Gasteiger partial charge in [0, 0.05) is 51.7 Å². The molecule has 1 aromatic heterocycles. The van der Waals surface area contributed by atoms with Crippen LogP contribution in [-0.4, -0.2) is 71.1 Å². The number of hydrogen-bond acceptors (Lipinski definition) is 4. The molecular formula is C23H35N5O. The summed E-state index contributed by atoms with van der Waals surface area (Å²) in [7, 11) is 0. The Kier molecular flexibility index (Phi) is 6.38. The third-order valence-electron chi connectivity index (χ3n) is 6.63. The number of piperazine rings is 1. The number of aryl methyl sites for hydroxylation is 1. The highest BCUT2D eigenvalue weighted by Crippen LogP contribution is 2.28. The van der Waals surface area contributed by atoms with Crippen molar-refractivity contribution in [2.45, 2.75) is 46.1 Å². The molecule has 0 bridgehead atoms. The number of carbonyl (C=O) groups is 1. The number of fused-ring (bicyclic) bond motifs is 1. The molecule has 0 aliphatic carbocycles. The van der Waals surface area contributed by atoms with Crippen LogP contribution in [-0.2, 0) is 11.3 Å². The molecule has 158 valence electrons. The Morgan fingerprint density at radius 2 is 1.76 bits per heavy atom. The molecule has 29 heavy (non-hydrogen) atoms. The number of imidazole rings is 1. The lowest BCUT2D eigenvalue weighted by molar-refractivity contribution is -0.137. The van der Waals surface area contributed by atoms with Gasteiger partial charge in [-0.15, -0.1) is 0 Å². The molecule has 1 amide bonds. The Bertz CT molecular complexity index is 816. The number of hydrogen-bond donors (Lipinski definition) is 0. The molecule has 2 aliphatic rings. The van der Waals surface area contributed by atoms with Gasteiger partial charge in [-0.3, -0.25) is 4.79 Å². The monoisotopic (exact) mass is 397 g/mol. The second-order valence-electron chi connectivity index (χ2n) is 8.43. The Labute approximate surface area is 174 Å². The van der Waals surface area contributed by atoms with E-state index in [1.807, 2.05) is 0 Å². The Hall–Kier alpha value is -2.08. The highest BCUT2D eigenvalue weighted by molar-refractivity contribution is 5.80. The number of piperidine rings is 1. The van der Waals surface area contributed by atoms with Crippen molar-refractivity contribution >= 4 is 22.9 Å². The van der Waals surface area contributed by atoms with Crippen LogP contribution in [0.15, 0.2) is 24.3 Å². The van der Waals surface area contributed by atoms with Crippen molar-refractivity contribution in [3.63, 3.8) is 0 Å². The third kappa shape index (κ3) is 4.27. The molecule has 0 N–H and O–H groups in total. The number of para-hydroxylation sites is 2. The van der Waals surface area contributed by atoms with E-state index in [1.54, 1.807) is 0 Å². The number of anilines is 1. The van der Waals surface area contributed by atoms with Gasteiger partial charge in [-0.25, -0.2) is 4.98 Å². The second kappa shape index (κ2) is 9.16. The first-order chi connectivity index (χ1) is 14.2. The predicted molar refractivity (Wildman–Crippen MR) is 118 cm³/mol. The van der Waals surface area contributed by atoms with E-state index in [4.69, 9.17) is 4.98 Å². The molecule has 4 rings (SSSR count). The molecule has 2 saturated heterocycles. The Morgan fingerprint density at radius 1 is 1.03 bits per heavy atom. The highest BCUT2D eigenvalue weighted by Gasteiger charge is 2.31. The molecule has 2 fully saturated rings. The minimum absolute atomic E-state index is 0.174. The van der Waals surface area contributed by atoms with E-state index < -0.39 is 0 Å². The minimum atomic E-state index is 0.174. The van der Waals surface area contributed by atoms with Crippen molar-refractivity contribution in [3.05, 3.63) is 24.3 Å². The summed E-state index contributed by atoms with van der Waals surface area (Å²) < 4.78 is 2.38. The van der Waals surface area contributed by atoms with Crippen LogP contribution in [0.25, 0.3) is 11.0 Å². The van der Waals surface area contributed by atoms with E-state index in [0.717, 1.165) is 83.1 Å². The van der Waals surface area contributed by atoms with Crippen molar-refractivity contribution in [2.75, 3.05) is 50.7 Å². The quantitative estimate of drug-likeness (QED) is 0.751. The Morgan fingerprint density at radius 3 is 2.45 bits per heavy atom. The van der Waals surface area contributed by atoms with Gasteiger partial charge < -0.3 is 19.3 Å². The number of aromatic nitrogens is 2. The van der Waals surface area contributed by atoms with Crippen LogP contribution in [0, 0.1) is 5.92 Å². The van der Waals surface area contributed by atoms with Gasteiger partial charge in [-0.05, 0) is 37.9 Å². The molecule has 1 aromatic carbocycles. The van der Waals surface area contributed by atoms with Crippen molar-refractivity contribution in [2.24, 2.45) is 5.92 Å². The van der Waals surface area contributed by atoms with E-state index in [0.29, 0.717) is 5.91 Å². The van der Waals surface area contributed by atoms with Crippen LogP contribution in [0.3, 0.4) is 0 Å². The predicted octanol–water partition coefficient (Wildman–Crippen LogP) is 3.22. The molecule has 3 heterocycles. The molecule has 6 nitrogen and oxygen atoms in total. The molecule has 0 spiro atoms. The summed E-state index contributed by atoms with van der Waals surface area (Å²) in [5.74, 6) is 1.63. The summed E-state index contributed by atoms with van der Waals surface area (Å²) in [6, 6.07) is 8.44. The van der Waals surface area contributed by atoms with Crippen molar-refractivity contribution in [1.82, 2.24) is 19.4 Å². The van der Waals surface area contributed by atoms with E-state index in [-0.39, 0.29) is 5.92 Å². The van der Waals surface area contributed by atoms with Gasteiger partial charge in [0.05, 0.1) is 11.0 Å². The average molecular weight is 398 g/mol. The van der Waals surface area contributed by atoms with Crippen molar-refractivity contribution in [3.8, 4) is 0 Å². The summed E-state index contributed by atoms with van der Waals surface area (Å²) in [6.45, 7) is 12.2. The number of benzene rings is 1. The average Bonchev–Trinajstić information content (AvgIpc) is 3.16. The maximum Gasteiger partial charge on any atom is 0.225 e. The topological polar surface area (TPSA) is 44.6 Å². The lowest BCUT2D eigenvalue weighted by Crippen LogP contribution is -2.51. The zero-order valence-corrected chi connectivity index (χ0v) is 18.0. The van der Waals surface area contributed by atoms with E-state index in [1.165, 1.54) is 11.9 Å². The normalized spacial score (nSPS) is 19.2. The van der Waals surface area contributed by atoms with Crippen molar-refractivity contribution in [1.29, 1.82) is 0 Å². The van der Waals surface area contributed by atoms with Crippen LogP contribution in [0.2, 0.25) is 0 Å². The summed E-state index contributed by atoms with van der Waals surface area (Å²) in [6.07, 6.45) is 4.20. The molecule has 0 atom stereocenters. The largest absolute Gasteiger partial charge is 0.342 e. The number of rotatable bonds is 6. The van der Waals surface area contributed by atoms with Crippen LogP contribution in [0.1, 0.15) is 39.5 Å². The van der Waals surface area contributed by atoms with E-state index in [9.17, 15) is 4.79 Å². The van der Waals surface area contributed by atoms with Crippen LogP contribution in [0.5, 0.6) is 0 Å². The van der Waals surface area contributed by atoms with E-state index >= 15 is 0 Å². The SMILES string of the molecule is CCCCn1c(N2CCC(C(=O)N3CCN(CC)CC3)CC2)nc2ccccc21. The van der Waals surface area contributed by atoms with Crippen molar-refractivity contribution < 1.29 is 4.79 Å². The first-order valence-electron chi connectivity index (χ1n) is 11.4. The molecule has 2 aliphatic heterocycles. The van der Waals surface area contributed by atoms with Gasteiger partial charge in [0.1, 0.15) is 0 Å². The summed E-state index contributed by atoms with van der Waals surface area (Å²) in [4.78, 5) is 24.9. The molecular weight excluding hydrogens is 362 g/mol. The number of likely N-dealkylation sites (N-methyl/N-ethyl adjacent to an activating group) is 1. The van der Waals surface area contributed by atoms with E-state index in [2.05, 4.69) is 57.4 Å². The molecule has 0 saturated carbocycles. The fraction of sp³-hybridized carbons (Fsp3) is 0.652. The van der Waals surface area contributed by atoms with Gasteiger partial charge in [-0.1, -0.05) is 32.4 Å². The van der Waals surface area contributed by atoms with Crippen LogP contribution >= 0.6 is 0 Å². The second-order valence-corrected chi connectivity index (χ2v) is 8.43. The highest BCUT2D eigenvalue weighted by atomic mass is 16.2. The van der Waals surface area contributed by atoms with Gasteiger partial charge in [0.2, 0.25) is 11.9 Å². The lowest BCUT2D eigenvalue weighted by Gasteiger charge is -2.38. The summed E-state index contributed by atoms with van der Waals surface area (Å²) in [5, 5.41) is 0. The molecule has 6 heteroatoms. The Balaban J connectivity index is 1.41. The standard InChI is InChI=1S/C23H35N5O/c1-3-5-12-28-21-9-7-6-8-20(21)24-23(28)27-13-10-19(11-14-27)22(29)26-17-15-25(4-2)16-18-26/h6-9,19H,3-5,10-18H2,1-2H3. The number of unbranched alkanes of at least 4 members (excludes halogenated alkanes) is 1. The van der Waals surface area contributed by atoms with Gasteiger partial charge in [-0.2, -0.15) is 0 Å². The molecule has 0 radical (unpaired) electrons. The maximum absolute atomic E-state index is 13.0. The first-order valence-corrected chi connectivity index (χ1v) is 11.4. The van der Waals surface area contributed by atoms with Crippen LogP contribution < -0.4 is 4.90 Å². The number of nitrogens with zero attached hydrogens (tertiary/aromatic N) is 5. The summed E-state index contributed by atoms with van der Waals surface area (Å²) >= 11 is 0. The van der Waals surface area contributed by atoms with Gasteiger partial charge in [0.15, 0.2) is 0 Å². The number of carbonyl (C=O) groups excluding carboxylic acids is 1. The minimum Gasteiger partial charge on any atom is -0.342 e. The fourth-order valence-electron chi connectivity index (χ4n) is 4.71. The lowest BCUT2D eigenvalue weighted by atomic mass is 9.95. The molecule has 2 aromatic rings. The smallest absolute Gasteiger partial charge is 0.225 e. The zero-order chi connectivity index (χ0) is 20.2. The van der Waals surface area contributed by atoms with Crippen LogP contribution in [0.4, 0.5) is 5.95 Å². The zero-order valence-electron chi connectivity index (χ0n) is 18.0. The maximum atomic E-state index is 13.0.